The molecule has 1 aliphatic carbocycles. The molecule has 14 heteroatoms. The van der Waals surface area contributed by atoms with E-state index in [4.69, 9.17) is 9.47 Å². The zero-order valence-corrected chi connectivity index (χ0v) is 35.2. The first-order chi connectivity index (χ1) is 28.9. The maximum atomic E-state index is 14.7. The third kappa shape index (κ3) is 9.68. The van der Waals surface area contributed by atoms with Gasteiger partial charge in [0.2, 0.25) is 5.88 Å². The number of nitrogens with zero attached hydrogens (tertiary/aromatic N) is 6. The maximum absolute atomic E-state index is 14.7. The van der Waals surface area contributed by atoms with E-state index in [0.717, 1.165) is 61.4 Å². The van der Waals surface area contributed by atoms with Crippen molar-refractivity contribution < 1.29 is 23.5 Å². The fourth-order valence-electron chi connectivity index (χ4n) is 9.05. The number of benzene rings is 2. The molecule has 3 aliphatic rings. The molecule has 60 heavy (non-hydrogen) atoms. The van der Waals surface area contributed by atoms with Crippen LogP contribution < -0.4 is 20.7 Å². The number of aromatic nitrogens is 4. The van der Waals surface area contributed by atoms with Gasteiger partial charge in [-0.3, -0.25) is 19.4 Å². The van der Waals surface area contributed by atoms with Crippen molar-refractivity contribution >= 4 is 17.5 Å². The highest BCUT2D eigenvalue weighted by molar-refractivity contribution is 6.00. The molecule has 2 aromatic carbocycles. The molecule has 13 nitrogen and oxygen atoms in total. The average Bonchev–Trinajstić information content (AvgIpc) is 3.64. The van der Waals surface area contributed by atoms with Gasteiger partial charge in [0.05, 0.1) is 25.6 Å². The number of nitrogens with one attached hydrogen (secondary N) is 3. The molecule has 3 N–H and O–H groups in total. The maximum Gasteiger partial charge on any atom is 0.257 e. The second kappa shape index (κ2) is 18.1. The summed E-state index contributed by atoms with van der Waals surface area (Å²) in [5.74, 6) is -0.803. The van der Waals surface area contributed by atoms with E-state index in [9.17, 15) is 14.0 Å². The van der Waals surface area contributed by atoms with E-state index in [1.54, 1.807) is 10.7 Å². The van der Waals surface area contributed by atoms with Crippen LogP contribution in [0, 0.1) is 19.7 Å². The fraction of sp³-hybridized carbons (Fsp3) is 0.457. The monoisotopic (exact) mass is 817 g/mol. The van der Waals surface area contributed by atoms with Crippen molar-refractivity contribution in [2.45, 2.75) is 104 Å². The molecule has 2 amide bonds. The largest absolute Gasteiger partial charge is 0.438 e. The number of rotatable bonds is 11. The Bertz CT molecular complexity index is 2330. The number of carbonyl (C=O) groups excluding carboxylic acids is 2. The standard InChI is InChI=1S/C46H56FN9O4/c1-28-17-31(4)56-43(51-28)42(22-49-56)45(58)53-38-12-10-37(11-13-38)52-44(57)41-20-36(47)21-48-46(41)60-39-8-6-7-34(19-39)40-14-9-33(25-54-23-29(2)50-30(3)24-54)18-35(40)26-55-15-16-59-27-32(55)5/h6-9,14,17-22,29-30,32,37-38,50H,10-13,15-16,23-27H2,1-5H3,(H,52,57)(H,53,58)/t29-,30?,32?,37?,38?/m1/s1. The van der Waals surface area contributed by atoms with E-state index in [1.165, 1.54) is 17.2 Å². The summed E-state index contributed by atoms with van der Waals surface area (Å²) in [6.07, 6.45) is 5.23. The van der Waals surface area contributed by atoms with Gasteiger partial charge in [-0.15, -0.1) is 0 Å². The van der Waals surface area contributed by atoms with E-state index in [1.807, 2.05) is 38.1 Å². The van der Waals surface area contributed by atoms with Crippen molar-refractivity contribution in [3.05, 3.63) is 106 Å². The van der Waals surface area contributed by atoms with Crippen molar-refractivity contribution in [1.29, 1.82) is 0 Å². The van der Waals surface area contributed by atoms with E-state index in [-0.39, 0.29) is 29.4 Å². The minimum Gasteiger partial charge on any atom is -0.438 e. The van der Waals surface area contributed by atoms with Crippen LogP contribution in [0.15, 0.2) is 67.0 Å². The van der Waals surface area contributed by atoms with Crippen LogP contribution >= 0.6 is 0 Å². The number of hydrogen-bond donors (Lipinski definition) is 3. The molecule has 316 valence electrons. The van der Waals surface area contributed by atoms with Crippen LogP contribution in [0.1, 0.15) is 89.7 Å². The number of fused-ring (bicyclic) bond motifs is 1. The van der Waals surface area contributed by atoms with Gasteiger partial charge in [-0.1, -0.05) is 30.3 Å². The van der Waals surface area contributed by atoms with Gasteiger partial charge in [0.25, 0.3) is 11.8 Å². The molecule has 1 saturated carbocycles. The minimum absolute atomic E-state index is 0.0184. The van der Waals surface area contributed by atoms with Gasteiger partial charge in [-0.05, 0) is 107 Å². The zero-order valence-electron chi connectivity index (χ0n) is 35.2. The van der Waals surface area contributed by atoms with Gasteiger partial charge in [-0.25, -0.2) is 18.9 Å². The molecule has 8 rings (SSSR count). The second-order valence-corrected chi connectivity index (χ2v) is 17.0. The summed E-state index contributed by atoms with van der Waals surface area (Å²) in [5, 5.41) is 14.2. The Labute approximate surface area is 351 Å². The van der Waals surface area contributed by atoms with Gasteiger partial charge in [0, 0.05) is 74.3 Å². The minimum atomic E-state index is -0.632. The molecule has 2 unspecified atom stereocenters. The highest BCUT2D eigenvalue weighted by atomic mass is 19.1. The fourth-order valence-corrected chi connectivity index (χ4v) is 9.05. The van der Waals surface area contributed by atoms with Gasteiger partial charge in [0.15, 0.2) is 5.65 Å². The van der Waals surface area contributed by atoms with Gasteiger partial charge in [0.1, 0.15) is 22.7 Å². The topological polar surface area (TPSA) is 138 Å². The molecule has 2 aliphatic heterocycles. The van der Waals surface area contributed by atoms with Crippen molar-refractivity contribution in [2.24, 2.45) is 0 Å². The number of carbonyl (C=O) groups is 2. The molecular weight excluding hydrogens is 762 g/mol. The van der Waals surface area contributed by atoms with Crippen LogP contribution in [0.5, 0.6) is 11.6 Å². The van der Waals surface area contributed by atoms with Crippen LogP contribution in [0.25, 0.3) is 16.8 Å². The van der Waals surface area contributed by atoms with Crippen molar-refractivity contribution in [3.63, 3.8) is 0 Å². The molecule has 0 spiro atoms. The Balaban J connectivity index is 0.943. The first-order valence-electron chi connectivity index (χ1n) is 21.2. The molecule has 2 saturated heterocycles. The summed E-state index contributed by atoms with van der Waals surface area (Å²) >= 11 is 0. The Hall–Kier alpha value is -5.28. The van der Waals surface area contributed by atoms with Crippen LogP contribution in [0.3, 0.4) is 0 Å². The SMILES string of the molecule is Cc1cc(C)n2ncc(C(=O)NC3CCC(NC(=O)c4cc(F)cnc4Oc4cccc(-c5ccc(CN6CC(C)N[C@H](C)C6)cc5CN5CCOCC5C)c4)CC3)c2n1. The lowest BCUT2D eigenvalue weighted by atomic mass is 9.91. The first kappa shape index (κ1) is 41.5. The molecule has 3 aromatic heterocycles. The normalized spacial score (nSPS) is 22.7. The first-order valence-corrected chi connectivity index (χ1v) is 21.2. The summed E-state index contributed by atoms with van der Waals surface area (Å²) in [6, 6.07) is 18.6. The summed E-state index contributed by atoms with van der Waals surface area (Å²) in [5.41, 5.74) is 7.27. The lowest BCUT2D eigenvalue weighted by Crippen LogP contribution is -2.53. The van der Waals surface area contributed by atoms with E-state index in [2.05, 4.69) is 85.9 Å². The zero-order chi connectivity index (χ0) is 41.9. The third-order valence-corrected chi connectivity index (χ3v) is 11.9. The molecule has 0 bridgehead atoms. The average molecular weight is 818 g/mol. The van der Waals surface area contributed by atoms with E-state index < -0.39 is 11.7 Å². The number of amides is 2. The Kier molecular flexibility index (Phi) is 12.5. The summed E-state index contributed by atoms with van der Waals surface area (Å²) in [4.78, 5) is 40.7. The predicted molar refractivity (Wildman–Crippen MR) is 228 cm³/mol. The summed E-state index contributed by atoms with van der Waals surface area (Å²) in [7, 11) is 0. The Morgan fingerprint density at radius 1 is 0.900 bits per heavy atom. The van der Waals surface area contributed by atoms with Crippen LogP contribution in [-0.2, 0) is 17.8 Å². The van der Waals surface area contributed by atoms with Crippen molar-refractivity contribution in [2.75, 3.05) is 32.8 Å². The van der Waals surface area contributed by atoms with Crippen LogP contribution in [0.2, 0.25) is 0 Å². The number of ether oxygens (including phenoxy) is 2. The Morgan fingerprint density at radius 2 is 1.63 bits per heavy atom. The van der Waals surface area contributed by atoms with Gasteiger partial charge in [-0.2, -0.15) is 5.10 Å². The van der Waals surface area contributed by atoms with Crippen LogP contribution in [0.4, 0.5) is 4.39 Å². The Morgan fingerprint density at radius 3 is 2.37 bits per heavy atom. The molecular formula is C46H56FN9O4. The summed E-state index contributed by atoms with van der Waals surface area (Å²) in [6.45, 7) is 16.5. The van der Waals surface area contributed by atoms with Crippen LogP contribution in [-0.4, -0.2) is 104 Å². The lowest BCUT2D eigenvalue weighted by molar-refractivity contribution is -0.00431. The molecule has 5 aromatic rings. The number of pyridine rings is 1. The molecule has 3 atom stereocenters. The second-order valence-electron chi connectivity index (χ2n) is 17.0. The third-order valence-electron chi connectivity index (χ3n) is 11.9. The lowest BCUT2D eigenvalue weighted by Gasteiger charge is -2.36. The van der Waals surface area contributed by atoms with Crippen molar-refractivity contribution in [3.8, 4) is 22.8 Å². The number of aryl methyl sites for hydroxylation is 2. The smallest absolute Gasteiger partial charge is 0.257 e. The van der Waals surface area contributed by atoms with Gasteiger partial charge < -0.3 is 25.4 Å². The number of halogens is 1. The number of hydrogen-bond acceptors (Lipinski definition) is 10. The summed E-state index contributed by atoms with van der Waals surface area (Å²) < 4.78 is 28.4. The van der Waals surface area contributed by atoms with E-state index in [0.29, 0.717) is 74.0 Å². The predicted octanol–water partition coefficient (Wildman–Crippen LogP) is 6.21. The molecule has 0 radical (unpaired) electrons. The number of morpholine rings is 1. The quantitative estimate of drug-likeness (QED) is 0.141. The highest BCUT2D eigenvalue weighted by Gasteiger charge is 2.28. The highest BCUT2D eigenvalue weighted by Crippen LogP contribution is 2.33. The number of piperazine rings is 1. The van der Waals surface area contributed by atoms with Crippen molar-refractivity contribution in [1.82, 2.24) is 45.3 Å². The van der Waals surface area contributed by atoms with E-state index >= 15 is 0 Å². The molecule has 5 heterocycles. The molecule has 3 fully saturated rings. The van der Waals surface area contributed by atoms with Gasteiger partial charge >= 0.3 is 0 Å².